The van der Waals surface area contributed by atoms with Gasteiger partial charge in [0, 0.05) is 0 Å². The third-order valence-corrected chi connectivity index (χ3v) is 18.6. The maximum Gasteiger partial charge on any atom is -0.000740 e. The number of fused-ring (bicyclic) bond motifs is 11. The van der Waals surface area contributed by atoms with Crippen LogP contribution in [0.4, 0.5) is 0 Å². The number of hydrogen-bond acceptors (Lipinski definition) is 0. The van der Waals surface area contributed by atoms with Crippen LogP contribution in [-0.4, -0.2) is 0 Å². The molecule has 0 N–H and O–H groups in total. The summed E-state index contributed by atoms with van der Waals surface area (Å²) in [6.45, 7) is 28.5. The van der Waals surface area contributed by atoms with Crippen LogP contribution < -0.4 is 0 Å². The van der Waals surface area contributed by atoms with E-state index in [0.29, 0.717) is 0 Å². The summed E-state index contributed by atoms with van der Waals surface area (Å²) in [5, 5.41) is 15.3. The molecule has 0 atom stereocenters. The van der Waals surface area contributed by atoms with Crippen molar-refractivity contribution in [1.29, 1.82) is 0 Å². The molecule has 0 heterocycles. The first-order valence-corrected chi connectivity index (χ1v) is 29.7. The van der Waals surface area contributed by atoms with Crippen LogP contribution >= 0.6 is 0 Å². The molecule has 0 amide bonds. The lowest BCUT2D eigenvalue weighted by molar-refractivity contribution is 0.568. The van der Waals surface area contributed by atoms with Crippen molar-refractivity contribution in [2.45, 2.75) is 105 Å². The number of rotatable bonds is 4. The lowest BCUT2D eigenvalue weighted by Crippen LogP contribution is -2.17. The minimum Gasteiger partial charge on any atom is -0.0616 e. The van der Waals surface area contributed by atoms with Crippen molar-refractivity contribution in [1.82, 2.24) is 0 Å². The summed E-state index contributed by atoms with van der Waals surface area (Å²) < 4.78 is 0. The van der Waals surface area contributed by atoms with Gasteiger partial charge in [0.2, 0.25) is 0 Å². The van der Waals surface area contributed by atoms with E-state index < -0.39 is 0 Å². The Labute approximate surface area is 484 Å². The Kier molecular flexibility index (Phi) is 10.7. The zero-order valence-corrected chi connectivity index (χ0v) is 49.6. The highest BCUT2D eigenvalue weighted by atomic mass is 14.4. The van der Waals surface area contributed by atoms with Gasteiger partial charge in [-0.05, 0) is 222 Å². The second kappa shape index (κ2) is 17.5. The molecule has 0 bridgehead atoms. The van der Waals surface area contributed by atoms with Gasteiger partial charge in [-0.3, -0.25) is 0 Å². The molecule has 13 aromatic carbocycles. The quantitative estimate of drug-likeness (QED) is 0.154. The van der Waals surface area contributed by atoms with E-state index in [9.17, 15) is 0 Å². The summed E-state index contributed by atoms with van der Waals surface area (Å²) >= 11 is 0. The van der Waals surface area contributed by atoms with E-state index in [0.717, 1.165) is 0 Å². The van der Waals surface area contributed by atoms with E-state index >= 15 is 0 Å². The van der Waals surface area contributed by atoms with Crippen LogP contribution in [0.5, 0.6) is 0 Å². The average molecular weight is 1060 g/mol. The van der Waals surface area contributed by atoms with Crippen molar-refractivity contribution in [3.63, 3.8) is 0 Å². The zero-order chi connectivity index (χ0) is 56.5. The van der Waals surface area contributed by atoms with Gasteiger partial charge < -0.3 is 0 Å². The second-order valence-corrected chi connectivity index (χ2v) is 28.1. The molecule has 0 heteroatoms. The fraction of sp³-hybridized carbons (Fsp3) is 0.195. The third-order valence-electron chi connectivity index (χ3n) is 18.6. The smallest absolute Gasteiger partial charge is 0.000740 e. The Morgan fingerprint density at radius 2 is 0.463 bits per heavy atom. The monoisotopic (exact) mass is 1050 g/mol. The normalized spacial score (nSPS) is 13.1. The fourth-order valence-corrected chi connectivity index (χ4v) is 14.2. The molecule has 0 radical (unpaired) electrons. The van der Waals surface area contributed by atoms with Crippen molar-refractivity contribution < 1.29 is 0 Å². The molecule has 0 spiro atoms. The van der Waals surface area contributed by atoms with Crippen molar-refractivity contribution >= 4 is 64.6 Å². The molecule has 0 aliphatic heterocycles. The molecule has 82 heavy (non-hydrogen) atoms. The number of benzene rings is 13. The standard InChI is InChI=1S/C82H70/c1-79(2,3)57-39-55(40-58(45-57)80(4,5)6)71-61-27-19-20-28-62(61)72(56-41-59(81(7,8)9)46-60(42-56)82(10,11)12)78-66-36-34-64-73-63(33-35-65(74(66)73)77(71)78)75-69(53-31-29-47-21-13-15-23-49(47)37-53)67-43-51-25-17-18-26-52(51)44-68(67)70(76(64)75)54-32-30-48-22-14-16-24-50(48)38-54/h13-46H,1-12H3. The highest BCUT2D eigenvalue weighted by Gasteiger charge is 2.38. The van der Waals surface area contributed by atoms with Crippen LogP contribution in [0, 0.1) is 0 Å². The summed E-state index contributed by atoms with van der Waals surface area (Å²) in [6, 6.07) is 80.5. The van der Waals surface area contributed by atoms with Crippen LogP contribution in [0.25, 0.3) is 154 Å². The molecular formula is C82H70. The Morgan fingerprint density at radius 1 is 0.195 bits per heavy atom. The van der Waals surface area contributed by atoms with Crippen molar-refractivity contribution in [3.05, 3.63) is 229 Å². The highest BCUT2D eigenvalue weighted by Crippen LogP contribution is 2.65. The molecule has 2 aliphatic rings. The largest absolute Gasteiger partial charge is 0.0616 e. The van der Waals surface area contributed by atoms with Crippen LogP contribution in [-0.2, 0) is 21.7 Å². The molecule has 0 nitrogen and oxygen atoms in total. The maximum absolute atomic E-state index is 2.53. The first-order chi connectivity index (χ1) is 39.2. The Hall–Kier alpha value is -8.58. The summed E-state index contributed by atoms with van der Waals surface area (Å²) in [7, 11) is 0. The SMILES string of the molecule is CC(C)(C)c1cc(-c2c3c(c(-c4cc(C(C)(C)C)cc(C(C)(C)C)c4)c4ccccc24)-c2ccc4c5c(ccc-3c25)-c2c-4c(-c3ccc4ccccc4c3)c3cc4ccccc4cc3c2-c2ccc3ccccc3c2)cc(C(C)(C)C)c1. The summed E-state index contributed by atoms with van der Waals surface area (Å²) in [5.41, 5.74) is 26.0. The Balaban J connectivity index is 1.13. The molecule has 0 aromatic heterocycles. The molecule has 398 valence electrons. The minimum absolute atomic E-state index is 0.0656. The molecule has 2 aliphatic carbocycles. The molecule has 13 aromatic rings. The van der Waals surface area contributed by atoms with Gasteiger partial charge in [0.05, 0.1) is 0 Å². The highest BCUT2D eigenvalue weighted by molar-refractivity contribution is 6.36. The zero-order valence-electron chi connectivity index (χ0n) is 49.6. The lowest BCUT2D eigenvalue weighted by Gasteiger charge is -2.29. The van der Waals surface area contributed by atoms with E-state index in [1.165, 1.54) is 176 Å². The van der Waals surface area contributed by atoms with Gasteiger partial charge in [-0.1, -0.05) is 265 Å². The van der Waals surface area contributed by atoms with Crippen LogP contribution in [0.15, 0.2) is 206 Å². The fourth-order valence-electron chi connectivity index (χ4n) is 14.2. The van der Waals surface area contributed by atoms with Crippen molar-refractivity contribution in [2.75, 3.05) is 0 Å². The second-order valence-electron chi connectivity index (χ2n) is 28.1. The van der Waals surface area contributed by atoms with Gasteiger partial charge in [-0.25, -0.2) is 0 Å². The van der Waals surface area contributed by atoms with Crippen LogP contribution in [0.1, 0.15) is 105 Å². The Morgan fingerprint density at radius 3 is 0.768 bits per heavy atom. The third kappa shape index (κ3) is 7.63. The minimum atomic E-state index is -0.0656. The van der Waals surface area contributed by atoms with E-state index in [4.69, 9.17) is 0 Å². The van der Waals surface area contributed by atoms with Gasteiger partial charge in [0.25, 0.3) is 0 Å². The van der Waals surface area contributed by atoms with E-state index in [1.807, 2.05) is 0 Å². The van der Waals surface area contributed by atoms with Crippen molar-refractivity contribution in [3.8, 4) is 89.0 Å². The summed E-state index contributed by atoms with van der Waals surface area (Å²) in [4.78, 5) is 0. The molecular weight excluding hydrogens is 985 g/mol. The summed E-state index contributed by atoms with van der Waals surface area (Å²) in [5.74, 6) is 0. The molecule has 15 rings (SSSR count). The molecule has 0 saturated carbocycles. The average Bonchev–Trinajstić information content (AvgIpc) is 4.17. The molecule has 0 unspecified atom stereocenters. The predicted molar refractivity (Wildman–Crippen MR) is 357 cm³/mol. The van der Waals surface area contributed by atoms with Crippen LogP contribution in [0.3, 0.4) is 0 Å². The van der Waals surface area contributed by atoms with Gasteiger partial charge in [-0.2, -0.15) is 0 Å². The van der Waals surface area contributed by atoms with Crippen molar-refractivity contribution in [2.24, 2.45) is 0 Å². The van der Waals surface area contributed by atoms with Gasteiger partial charge >= 0.3 is 0 Å². The van der Waals surface area contributed by atoms with E-state index in [-0.39, 0.29) is 21.7 Å². The number of hydrogen-bond donors (Lipinski definition) is 0. The molecule has 0 fully saturated rings. The lowest BCUT2D eigenvalue weighted by atomic mass is 9.75. The van der Waals surface area contributed by atoms with Gasteiger partial charge in [-0.15, -0.1) is 0 Å². The topological polar surface area (TPSA) is 0 Å². The first kappa shape index (κ1) is 50.4. The van der Waals surface area contributed by atoms with Crippen LogP contribution in [0.2, 0.25) is 0 Å². The Bertz CT molecular complexity index is 4560. The van der Waals surface area contributed by atoms with Gasteiger partial charge in [0.1, 0.15) is 0 Å². The van der Waals surface area contributed by atoms with E-state index in [2.05, 4.69) is 289 Å². The van der Waals surface area contributed by atoms with Gasteiger partial charge in [0.15, 0.2) is 0 Å². The summed E-state index contributed by atoms with van der Waals surface area (Å²) in [6.07, 6.45) is 0. The molecule has 0 saturated heterocycles. The van der Waals surface area contributed by atoms with E-state index in [1.54, 1.807) is 0 Å². The first-order valence-electron chi connectivity index (χ1n) is 29.7. The predicted octanol–water partition coefficient (Wildman–Crippen LogP) is 23.8. The maximum atomic E-state index is 2.53.